The van der Waals surface area contributed by atoms with Gasteiger partial charge in [-0.15, -0.1) is 0 Å². The Morgan fingerprint density at radius 1 is 1.25 bits per heavy atom. The van der Waals surface area contributed by atoms with Crippen LogP contribution in [0.1, 0.15) is 79.5 Å². The molecule has 52 heavy (non-hydrogen) atoms. The standard InChI is InChI=1S/C40H52N6O6/c1-4-44-32-22-26-11-6-5-10-25(26)21-30(32)33(14-9-19-47)51-37(50)40-36(49)29-13-8-7-12-28(29)35(48)39(40,52-40)17-15-24(2)20-31(46-38(42)43-3)27-16-18-45-34(41)23-27/h6-8,11-13,15-16,22-23,25,30-33,44-45,47H,4-5,9-10,14,17-21,41H2,1-3H3,(H3,42,43,46). The Balaban J connectivity index is 1.30. The number of hydrogen-bond donors (Lipinski definition) is 6. The van der Waals surface area contributed by atoms with Gasteiger partial charge in [-0.3, -0.25) is 14.6 Å². The summed E-state index contributed by atoms with van der Waals surface area (Å²) in [7, 11) is 1.60. The van der Waals surface area contributed by atoms with Crippen molar-refractivity contribution in [3.63, 3.8) is 0 Å². The molecular formula is C40H52N6O6. The minimum atomic E-state index is -2.12. The number of nitrogens with two attached hydrogens (primary N) is 2. The van der Waals surface area contributed by atoms with E-state index in [4.69, 9.17) is 20.9 Å². The lowest BCUT2D eigenvalue weighted by atomic mass is 9.71. The van der Waals surface area contributed by atoms with Crippen LogP contribution in [0.5, 0.6) is 0 Å². The van der Waals surface area contributed by atoms with E-state index < -0.39 is 34.8 Å². The van der Waals surface area contributed by atoms with E-state index in [1.165, 1.54) is 5.57 Å². The molecule has 5 aliphatic rings. The first-order valence-electron chi connectivity index (χ1n) is 18.5. The van der Waals surface area contributed by atoms with Gasteiger partial charge in [0, 0.05) is 49.7 Å². The Kier molecular flexibility index (Phi) is 11.2. The van der Waals surface area contributed by atoms with Crippen molar-refractivity contribution in [1.29, 1.82) is 0 Å². The molecule has 0 spiro atoms. The Hall–Kier alpha value is -4.52. The van der Waals surface area contributed by atoms with Crippen molar-refractivity contribution >= 4 is 23.5 Å². The topological polar surface area (TPSA) is 194 Å². The number of benzene rings is 1. The monoisotopic (exact) mass is 712 g/mol. The molecule has 7 atom stereocenters. The Bertz CT molecular complexity index is 1760. The van der Waals surface area contributed by atoms with E-state index in [0.29, 0.717) is 37.5 Å². The van der Waals surface area contributed by atoms with Gasteiger partial charge < -0.3 is 42.0 Å². The van der Waals surface area contributed by atoms with Crippen molar-refractivity contribution in [3.05, 3.63) is 94.4 Å². The van der Waals surface area contributed by atoms with Gasteiger partial charge in [-0.25, -0.2) is 4.79 Å². The van der Waals surface area contributed by atoms with Crippen molar-refractivity contribution in [2.24, 2.45) is 28.3 Å². The Morgan fingerprint density at radius 2 is 2.02 bits per heavy atom. The van der Waals surface area contributed by atoms with E-state index in [1.54, 1.807) is 31.3 Å². The molecule has 1 aromatic carbocycles. The van der Waals surface area contributed by atoms with Crippen molar-refractivity contribution in [1.82, 2.24) is 16.0 Å². The molecule has 0 bridgehead atoms. The van der Waals surface area contributed by atoms with E-state index in [0.717, 1.165) is 37.0 Å². The third-order valence-electron chi connectivity index (χ3n) is 11.1. The largest absolute Gasteiger partial charge is 0.459 e. The molecular weight excluding hydrogens is 660 g/mol. The number of guanidine groups is 1. The third-order valence-corrected chi connectivity index (χ3v) is 11.1. The number of carbonyl (C=O) groups excluding carboxylic acids is 3. The quantitative estimate of drug-likeness (QED) is 0.0415. The van der Waals surface area contributed by atoms with Gasteiger partial charge in [0.2, 0.25) is 5.78 Å². The molecule has 8 N–H and O–H groups in total. The number of ether oxygens (including phenoxy) is 2. The fourth-order valence-corrected chi connectivity index (χ4v) is 8.35. The summed E-state index contributed by atoms with van der Waals surface area (Å²) in [6.45, 7) is 5.17. The van der Waals surface area contributed by atoms with Gasteiger partial charge in [0.25, 0.3) is 5.60 Å². The second-order valence-corrected chi connectivity index (χ2v) is 14.4. The predicted octanol–water partition coefficient (Wildman–Crippen LogP) is 3.11. The number of ketones is 2. The van der Waals surface area contributed by atoms with Crippen molar-refractivity contribution < 1.29 is 29.0 Å². The maximum absolute atomic E-state index is 14.6. The van der Waals surface area contributed by atoms with Crippen LogP contribution in [0.4, 0.5) is 0 Å². The number of aliphatic hydroxyl groups excluding tert-OH is 1. The number of nitrogens with one attached hydrogen (secondary N) is 3. The number of Topliss-reactive ketones (excluding diaryl/α,β-unsaturated/α-hetero) is 2. The Labute approximate surface area is 305 Å². The molecule has 0 aromatic heterocycles. The maximum Gasteiger partial charge on any atom is 0.350 e. The van der Waals surface area contributed by atoms with Crippen molar-refractivity contribution in [2.75, 3.05) is 26.7 Å². The van der Waals surface area contributed by atoms with Crippen LogP contribution >= 0.6 is 0 Å². The molecule has 3 aliphatic carbocycles. The number of nitrogens with zero attached hydrogens (tertiary/aromatic N) is 1. The summed E-state index contributed by atoms with van der Waals surface area (Å²) < 4.78 is 12.6. The number of carbonyl (C=O) groups is 3. The third kappa shape index (κ3) is 6.99. The molecule has 0 saturated carbocycles. The number of esters is 1. The zero-order chi connectivity index (χ0) is 37.0. The highest BCUT2D eigenvalue weighted by atomic mass is 16.7. The number of dihydropyridines is 1. The first-order valence-corrected chi connectivity index (χ1v) is 18.5. The minimum absolute atomic E-state index is 0.0131. The van der Waals surface area contributed by atoms with Gasteiger partial charge in [-0.1, -0.05) is 67.1 Å². The average molecular weight is 713 g/mol. The normalized spacial score (nSPS) is 29.3. The van der Waals surface area contributed by atoms with E-state index in [1.807, 2.05) is 32.1 Å². The van der Waals surface area contributed by atoms with Crippen LogP contribution in [-0.4, -0.2) is 84.7 Å². The smallest absolute Gasteiger partial charge is 0.350 e. The number of likely N-dealkylation sites (N-methyl/N-ethyl adjacent to an activating group) is 1. The summed E-state index contributed by atoms with van der Waals surface area (Å²) in [6.07, 6.45) is 15.8. The van der Waals surface area contributed by atoms with Crippen LogP contribution in [-0.2, 0) is 14.3 Å². The van der Waals surface area contributed by atoms with E-state index in [9.17, 15) is 19.5 Å². The van der Waals surface area contributed by atoms with Gasteiger partial charge in [-0.05, 0) is 75.1 Å². The number of hydrogen-bond acceptors (Lipinski definition) is 10. The second kappa shape index (κ2) is 15.6. The van der Waals surface area contributed by atoms with Gasteiger partial charge in [-0.2, -0.15) is 0 Å². The molecule has 0 radical (unpaired) electrons. The maximum atomic E-state index is 14.6. The highest BCUT2D eigenvalue weighted by Gasteiger charge is 2.85. The molecule has 6 rings (SSSR count). The molecule has 2 heterocycles. The highest BCUT2D eigenvalue weighted by Crippen LogP contribution is 2.59. The lowest BCUT2D eigenvalue weighted by Gasteiger charge is -2.40. The number of rotatable bonds is 14. The van der Waals surface area contributed by atoms with Gasteiger partial charge in [0.15, 0.2) is 17.3 Å². The average Bonchev–Trinajstić information content (AvgIpc) is 3.86. The number of epoxide rings is 1. The lowest BCUT2D eigenvalue weighted by Crippen LogP contribution is -2.53. The summed E-state index contributed by atoms with van der Waals surface area (Å²) >= 11 is 0. The molecule has 7 unspecified atom stereocenters. The van der Waals surface area contributed by atoms with Gasteiger partial charge >= 0.3 is 5.97 Å². The first-order chi connectivity index (χ1) is 25.1. The van der Waals surface area contributed by atoms with Gasteiger partial charge in [0.05, 0.1) is 11.9 Å². The lowest BCUT2D eigenvalue weighted by molar-refractivity contribution is -0.158. The van der Waals surface area contributed by atoms with Crippen LogP contribution in [0.2, 0.25) is 0 Å². The Morgan fingerprint density at radius 3 is 2.73 bits per heavy atom. The SMILES string of the molecule is CCNC1C=C2C=CCCC2CC1C(CCCO)OC(=O)C12OC1(CC=C(C)CC(NC(N)=NC)C1=CCNC(N)=C1)C(=O)c1ccccc1C2=O. The molecule has 12 nitrogen and oxygen atoms in total. The van der Waals surface area contributed by atoms with Crippen molar-refractivity contribution in [2.45, 2.75) is 88.2 Å². The van der Waals surface area contributed by atoms with Gasteiger partial charge in [0.1, 0.15) is 6.10 Å². The summed E-state index contributed by atoms with van der Waals surface area (Å²) in [5.74, 6) is -0.818. The number of allylic oxidation sites excluding steroid dienone is 3. The molecule has 2 aliphatic heterocycles. The van der Waals surface area contributed by atoms with E-state index in [2.05, 4.69) is 39.2 Å². The van der Waals surface area contributed by atoms with Crippen molar-refractivity contribution in [3.8, 4) is 0 Å². The molecule has 1 fully saturated rings. The molecule has 12 heteroatoms. The van der Waals surface area contributed by atoms with Crippen LogP contribution in [0, 0.1) is 11.8 Å². The zero-order valence-electron chi connectivity index (χ0n) is 30.3. The van der Waals surface area contributed by atoms with Crippen LogP contribution in [0.25, 0.3) is 0 Å². The second-order valence-electron chi connectivity index (χ2n) is 14.4. The molecule has 0 amide bonds. The molecule has 1 saturated heterocycles. The number of fused-ring (bicyclic) bond motifs is 3. The number of aliphatic hydroxyl groups is 1. The minimum Gasteiger partial charge on any atom is -0.459 e. The summed E-state index contributed by atoms with van der Waals surface area (Å²) in [6, 6.07) is 6.19. The predicted molar refractivity (Wildman–Crippen MR) is 199 cm³/mol. The van der Waals surface area contributed by atoms with Crippen LogP contribution < -0.4 is 27.4 Å². The number of aliphatic imine (C=N–C) groups is 1. The summed E-state index contributed by atoms with van der Waals surface area (Å²) in [5.41, 5.74) is 11.7. The summed E-state index contributed by atoms with van der Waals surface area (Å²) in [5, 5.41) is 19.7. The first kappa shape index (κ1) is 37.2. The van der Waals surface area contributed by atoms with E-state index in [-0.39, 0.29) is 48.1 Å². The van der Waals surface area contributed by atoms with Crippen LogP contribution in [0.3, 0.4) is 0 Å². The summed E-state index contributed by atoms with van der Waals surface area (Å²) in [4.78, 5) is 47.4. The zero-order valence-corrected chi connectivity index (χ0v) is 30.3. The van der Waals surface area contributed by atoms with E-state index >= 15 is 0 Å². The fraction of sp³-hybridized carbons (Fsp3) is 0.500. The fourth-order valence-electron chi connectivity index (χ4n) is 8.35. The highest BCUT2D eigenvalue weighted by molar-refractivity contribution is 6.32. The molecule has 278 valence electrons. The molecule has 1 aromatic rings. The van der Waals surface area contributed by atoms with Crippen LogP contribution in [0.15, 0.2) is 88.3 Å².